The van der Waals surface area contributed by atoms with Crippen molar-refractivity contribution in [1.82, 2.24) is 10.2 Å². The standard InChI is InChI=1S/C16H24ClN3O2/c1-12-11-14(17)5-6-15(12)20(13(2)21)9-7-16(22)18-8-10-19(3)4/h5-6,11H,7-10H2,1-4H3,(H,18,22). The summed E-state index contributed by atoms with van der Waals surface area (Å²) in [5, 5.41) is 3.47. The maximum absolute atomic E-state index is 11.9. The van der Waals surface area contributed by atoms with Crippen LogP contribution in [0, 0.1) is 6.92 Å². The average molecular weight is 326 g/mol. The second kappa shape index (κ2) is 8.76. The number of likely N-dealkylation sites (N-methyl/N-ethyl adjacent to an activating group) is 1. The Morgan fingerprint density at radius 1 is 1.23 bits per heavy atom. The predicted octanol–water partition coefficient (Wildman–Crippen LogP) is 2.07. The lowest BCUT2D eigenvalue weighted by atomic mass is 10.1. The van der Waals surface area contributed by atoms with Crippen molar-refractivity contribution in [2.24, 2.45) is 0 Å². The van der Waals surface area contributed by atoms with Crippen molar-refractivity contribution in [2.45, 2.75) is 20.3 Å². The molecular weight excluding hydrogens is 302 g/mol. The molecule has 0 heterocycles. The Kier molecular flexibility index (Phi) is 7.35. The van der Waals surface area contributed by atoms with Gasteiger partial charge >= 0.3 is 0 Å². The molecule has 0 aliphatic carbocycles. The van der Waals surface area contributed by atoms with Crippen molar-refractivity contribution in [3.63, 3.8) is 0 Å². The monoisotopic (exact) mass is 325 g/mol. The van der Waals surface area contributed by atoms with Gasteiger partial charge in [0.25, 0.3) is 0 Å². The normalized spacial score (nSPS) is 10.6. The fourth-order valence-electron chi connectivity index (χ4n) is 2.09. The highest BCUT2D eigenvalue weighted by atomic mass is 35.5. The summed E-state index contributed by atoms with van der Waals surface area (Å²) in [5.41, 5.74) is 1.70. The first kappa shape index (κ1) is 18.5. The Hall–Kier alpha value is -1.59. The number of carbonyl (C=O) groups excluding carboxylic acids is 2. The Balaban J connectivity index is 2.62. The fraction of sp³-hybridized carbons (Fsp3) is 0.500. The number of nitrogens with one attached hydrogen (secondary N) is 1. The van der Waals surface area contributed by atoms with Crippen LogP contribution in [0.5, 0.6) is 0 Å². The predicted molar refractivity (Wildman–Crippen MR) is 90.4 cm³/mol. The SMILES string of the molecule is CC(=O)N(CCC(=O)NCCN(C)C)c1ccc(Cl)cc1C. The van der Waals surface area contributed by atoms with Crippen LogP contribution in [0.2, 0.25) is 5.02 Å². The van der Waals surface area contributed by atoms with Crippen molar-refractivity contribution in [3.05, 3.63) is 28.8 Å². The Bertz CT molecular complexity index is 532. The van der Waals surface area contributed by atoms with Crippen molar-refractivity contribution in [3.8, 4) is 0 Å². The summed E-state index contributed by atoms with van der Waals surface area (Å²) >= 11 is 5.94. The Morgan fingerprint density at radius 2 is 1.91 bits per heavy atom. The van der Waals surface area contributed by atoms with Gasteiger partial charge in [0.1, 0.15) is 0 Å². The molecule has 0 radical (unpaired) electrons. The van der Waals surface area contributed by atoms with Gasteiger partial charge in [0, 0.05) is 43.7 Å². The molecule has 5 nitrogen and oxygen atoms in total. The van der Waals surface area contributed by atoms with Gasteiger partial charge in [-0.25, -0.2) is 0 Å². The van der Waals surface area contributed by atoms with Gasteiger partial charge in [-0.2, -0.15) is 0 Å². The summed E-state index contributed by atoms with van der Waals surface area (Å²) in [5.74, 6) is -0.147. The highest BCUT2D eigenvalue weighted by Gasteiger charge is 2.15. The third-order valence-corrected chi connectivity index (χ3v) is 3.51. The Morgan fingerprint density at radius 3 is 2.45 bits per heavy atom. The molecule has 0 atom stereocenters. The molecule has 0 saturated carbocycles. The first-order chi connectivity index (χ1) is 10.3. The van der Waals surface area contributed by atoms with Crippen LogP contribution in [0.3, 0.4) is 0 Å². The zero-order valence-corrected chi connectivity index (χ0v) is 14.4. The highest BCUT2D eigenvalue weighted by molar-refractivity contribution is 6.30. The summed E-state index contributed by atoms with van der Waals surface area (Å²) in [4.78, 5) is 27.3. The number of aryl methyl sites for hydroxylation is 1. The van der Waals surface area contributed by atoms with Gasteiger partial charge in [-0.15, -0.1) is 0 Å². The topological polar surface area (TPSA) is 52.7 Å². The second-order valence-electron chi connectivity index (χ2n) is 5.50. The molecule has 0 fully saturated rings. The van der Waals surface area contributed by atoms with E-state index in [9.17, 15) is 9.59 Å². The van der Waals surface area contributed by atoms with E-state index in [1.807, 2.05) is 38.1 Å². The van der Waals surface area contributed by atoms with E-state index in [1.54, 1.807) is 11.0 Å². The molecule has 22 heavy (non-hydrogen) atoms. The smallest absolute Gasteiger partial charge is 0.223 e. The van der Waals surface area contributed by atoms with Crippen molar-refractivity contribution in [2.75, 3.05) is 38.6 Å². The molecule has 1 aromatic carbocycles. The molecule has 1 rings (SSSR count). The van der Waals surface area contributed by atoms with E-state index < -0.39 is 0 Å². The number of hydrogen-bond acceptors (Lipinski definition) is 3. The van der Waals surface area contributed by atoms with Gasteiger partial charge in [-0.1, -0.05) is 11.6 Å². The minimum atomic E-state index is -0.0912. The highest BCUT2D eigenvalue weighted by Crippen LogP contribution is 2.23. The van der Waals surface area contributed by atoms with E-state index in [0.29, 0.717) is 18.1 Å². The van der Waals surface area contributed by atoms with Crippen molar-refractivity contribution in [1.29, 1.82) is 0 Å². The summed E-state index contributed by atoms with van der Waals surface area (Å²) in [6.45, 7) is 5.14. The van der Waals surface area contributed by atoms with Gasteiger partial charge < -0.3 is 15.1 Å². The Labute approximate surface area is 137 Å². The van der Waals surface area contributed by atoms with Gasteiger partial charge in [0.15, 0.2) is 0 Å². The number of halogens is 1. The average Bonchev–Trinajstić information content (AvgIpc) is 2.40. The maximum atomic E-state index is 11.9. The summed E-state index contributed by atoms with van der Waals surface area (Å²) in [6.07, 6.45) is 0.273. The van der Waals surface area contributed by atoms with Gasteiger partial charge in [-0.3, -0.25) is 9.59 Å². The molecule has 0 aliphatic rings. The number of benzene rings is 1. The third kappa shape index (κ3) is 6.03. The number of amides is 2. The van der Waals surface area contributed by atoms with E-state index in [4.69, 9.17) is 11.6 Å². The number of rotatable bonds is 7. The molecule has 122 valence electrons. The number of anilines is 1. The molecule has 0 aromatic heterocycles. The van der Waals surface area contributed by atoms with E-state index in [1.165, 1.54) is 6.92 Å². The molecule has 0 aliphatic heterocycles. The molecule has 1 N–H and O–H groups in total. The van der Waals surface area contributed by atoms with Gasteiger partial charge in [0.05, 0.1) is 0 Å². The lowest BCUT2D eigenvalue weighted by molar-refractivity contribution is -0.121. The van der Waals surface area contributed by atoms with E-state index in [-0.39, 0.29) is 18.2 Å². The molecule has 1 aromatic rings. The molecule has 0 saturated heterocycles. The van der Waals surface area contributed by atoms with Crippen LogP contribution in [-0.2, 0) is 9.59 Å². The number of carbonyl (C=O) groups is 2. The molecule has 0 bridgehead atoms. The first-order valence-corrected chi connectivity index (χ1v) is 7.64. The minimum Gasteiger partial charge on any atom is -0.355 e. The molecular formula is C16H24ClN3O2. The van der Waals surface area contributed by atoms with Crippen molar-refractivity contribution < 1.29 is 9.59 Å². The molecule has 0 unspecified atom stereocenters. The van der Waals surface area contributed by atoms with Crippen LogP contribution in [0.1, 0.15) is 18.9 Å². The lowest BCUT2D eigenvalue weighted by Crippen LogP contribution is -2.36. The molecule has 2 amide bonds. The zero-order valence-electron chi connectivity index (χ0n) is 13.6. The first-order valence-electron chi connectivity index (χ1n) is 7.27. The van der Waals surface area contributed by atoms with E-state index in [0.717, 1.165) is 17.8 Å². The van der Waals surface area contributed by atoms with E-state index >= 15 is 0 Å². The fourth-order valence-corrected chi connectivity index (χ4v) is 2.32. The summed E-state index contributed by atoms with van der Waals surface area (Å²) in [7, 11) is 3.90. The van der Waals surface area contributed by atoms with Crippen LogP contribution in [0.4, 0.5) is 5.69 Å². The zero-order chi connectivity index (χ0) is 16.7. The van der Waals surface area contributed by atoms with Gasteiger partial charge in [0.2, 0.25) is 11.8 Å². The second-order valence-corrected chi connectivity index (χ2v) is 5.94. The largest absolute Gasteiger partial charge is 0.355 e. The van der Waals surface area contributed by atoms with E-state index in [2.05, 4.69) is 5.32 Å². The molecule has 6 heteroatoms. The van der Waals surface area contributed by atoms with Crippen LogP contribution in [0.25, 0.3) is 0 Å². The van der Waals surface area contributed by atoms with Crippen molar-refractivity contribution >= 4 is 29.1 Å². The quantitative estimate of drug-likeness (QED) is 0.835. The lowest BCUT2D eigenvalue weighted by Gasteiger charge is -2.23. The minimum absolute atomic E-state index is 0.0558. The molecule has 0 spiro atoms. The number of nitrogens with zero attached hydrogens (tertiary/aromatic N) is 2. The van der Waals surface area contributed by atoms with Gasteiger partial charge in [-0.05, 0) is 44.8 Å². The van der Waals surface area contributed by atoms with Crippen LogP contribution >= 0.6 is 11.6 Å². The van der Waals surface area contributed by atoms with Crippen LogP contribution < -0.4 is 10.2 Å². The summed E-state index contributed by atoms with van der Waals surface area (Å²) < 4.78 is 0. The maximum Gasteiger partial charge on any atom is 0.223 e. The third-order valence-electron chi connectivity index (χ3n) is 3.27. The van der Waals surface area contributed by atoms with Crippen LogP contribution in [-0.4, -0.2) is 50.4 Å². The summed E-state index contributed by atoms with van der Waals surface area (Å²) in [6, 6.07) is 5.37. The van der Waals surface area contributed by atoms with Crippen LogP contribution in [0.15, 0.2) is 18.2 Å². The number of hydrogen-bond donors (Lipinski definition) is 1.